The summed E-state index contributed by atoms with van der Waals surface area (Å²) < 4.78 is 0. The number of hydrogen-bond donors (Lipinski definition) is 0. The summed E-state index contributed by atoms with van der Waals surface area (Å²) in [5, 5.41) is 0. The topological polar surface area (TPSA) is 252 Å². The van der Waals surface area contributed by atoms with E-state index in [0.717, 1.165) is 0 Å². The molecule has 0 aromatic rings. The first kappa shape index (κ1) is 472. The van der Waals surface area contributed by atoms with E-state index in [1.165, 1.54) is 0 Å². The van der Waals surface area contributed by atoms with Gasteiger partial charge < -0.3 is 43.8 Å². The van der Waals surface area contributed by atoms with E-state index in [-0.39, 0.29) is 103 Å². The van der Waals surface area contributed by atoms with Crippen molar-refractivity contribution in [1.29, 1.82) is 0 Å². The van der Waals surface area contributed by atoms with Crippen molar-refractivity contribution in [3.05, 3.63) is 0 Å². The van der Waals surface area contributed by atoms with Crippen LogP contribution in [0.2, 0.25) is 0 Å². The van der Waals surface area contributed by atoms with Crippen LogP contribution in [0.3, 0.4) is 0 Å². The first-order chi connectivity index (χ1) is 0. The molecule has 0 unspecified atom stereocenters. The summed E-state index contributed by atoms with van der Waals surface area (Å²) in [5.74, 6) is 0. The zero-order valence-electron chi connectivity index (χ0n) is 4.00. The normalized spacial score (nSPS) is 0. The average Bonchev–Trinajstić information content (AvgIpc) is 0. The summed E-state index contributed by atoms with van der Waals surface area (Å²) in [7, 11) is 0. The van der Waals surface area contributed by atoms with Crippen molar-refractivity contribution in [3.63, 3.8) is 0 Å². The maximum absolute atomic E-state index is 0. The molecular weight excluding hydrogens is 174 g/mol. The second-order valence-corrected chi connectivity index (χ2v) is 0. The summed E-state index contributed by atoms with van der Waals surface area (Å²) in [4.78, 5) is 0. The molecule has 10 heavy (non-hydrogen) atoms. The van der Waals surface area contributed by atoms with Gasteiger partial charge in [0.25, 0.3) is 0 Å². The minimum atomic E-state index is 0. The zero-order chi connectivity index (χ0) is 0. The van der Waals surface area contributed by atoms with E-state index in [4.69, 9.17) is 0 Å². The Bertz CT molecular complexity index is 7.22. The van der Waals surface area contributed by atoms with Gasteiger partial charge in [0.1, 0.15) is 0 Å². The Kier molecular flexibility index (Phi) is 16700. The van der Waals surface area contributed by atoms with Crippen LogP contribution < -0.4 is 0 Å². The monoisotopic (exact) mass is 192 g/mol. The Balaban J connectivity index is 0. The van der Waals surface area contributed by atoms with E-state index in [1.807, 2.05) is 0 Å². The van der Waals surface area contributed by atoms with Crippen LogP contribution in [0.5, 0.6) is 0 Å². The molecule has 0 fully saturated rings. The van der Waals surface area contributed by atoms with E-state index in [9.17, 15) is 0 Å². The molecular formula is H18Na2O8. The molecule has 0 heterocycles. The quantitative estimate of drug-likeness (QED) is 0.324. The van der Waals surface area contributed by atoms with Gasteiger partial charge in [-0.05, 0) is 0 Å². The molecule has 0 aliphatic rings. The number of rotatable bonds is 0. The molecule has 0 bridgehead atoms. The van der Waals surface area contributed by atoms with Gasteiger partial charge in [-0.2, -0.15) is 0 Å². The van der Waals surface area contributed by atoms with Crippen molar-refractivity contribution in [2.45, 2.75) is 0 Å². The third kappa shape index (κ3) is 258. The van der Waals surface area contributed by atoms with Crippen LogP contribution >= 0.6 is 0 Å². The third-order valence-corrected chi connectivity index (χ3v) is 0. The van der Waals surface area contributed by atoms with Gasteiger partial charge in [0.2, 0.25) is 0 Å². The average molecular weight is 192 g/mol. The molecule has 0 atom stereocenters. The molecule has 68 valence electrons. The van der Waals surface area contributed by atoms with E-state index >= 15 is 0 Å². The predicted octanol–water partition coefficient (Wildman–Crippen LogP) is -7.89. The Labute approximate surface area is 102 Å². The molecule has 0 aromatic heterocycles. The standard InChI is InChI=1S/2Na.8H2O.2H/h;;8*1H2;;. The Morgan fingerprint density at radius 1 is 0.200 bits per heavy atom. The van der Waals surface area contributed by atoms with Crippen LogP contribution in [-0.2, 0) is 0 Å². The van der Waals surface area contributed by atoms with E-state index < -0.39 is 0 Å². The van der Waals surface area contributed by atoms with Crippen LogP contribution in [0, 0.1) is 0 Å². The van der Waals surface area contributed by atoms with Crippen LogP contribution in [0.4, 0.5) is 0 Å². The Morgan fingerprint density at radius 3 is 0.200 bits per heavy atom. The van der Waals surface area contributed by atoms with E-state index in [1.54, 1.807) is 0 Å². The summed E-state index contributed by atoms with van der Waals surface area (Å²) >= 11 is 0. The van der Waals surface area contributed by atoms with Crippen molar-refractivity contribution in [3.8, 4) is 0 Å². The molecule has 0 aliphatic heterocycles. The SMILES string of the molecule is O.O.O.O.O.O.O.O.[NaH].[NaH]. The van der Waals surface area contributed by atoms with Gasteiger partial charge in [0.05, 0.1) is 0 Å². The van der Waals surface area contributed by atoms with Crippen molar-refractivity contribution >= 4 is 59.1 Å². The van der Waals surface area contributed by atoms with Gasteiger partial charge in [-0.15, -0.1) is 0 Å². The fourth-order valence-corrected chi connectivity index (χ4v) is 0. The first-order valence-electron chi connectivity index (χ1n) is 0. The van der Waals surface area contributed by atoms with Crippen molar-refractivity contribution in [2.24, 2.45) is 0 Å². The molecule has 0 rings (SSSR count). The fourth-order valence-electron chi connectivity index (χ4n) is 0. The summed E-state index contributed by atoms with van der Waals surface area (Å²) in [6.07, 6.45) is 0. The van der Waals surface area contributed by atoms with Crippen molar-refractivity contribution < 1.29 is 43.8 Å². The molecule has 0 spiro atoms. The second-order valence-electron chi connectivity index (χ2n) is 0. The number of hydrogen-bond acceptors (Lipinski definition) is 0. The van der Waals surface area contributed by atoms with Gasteiger partial charge >= 0.3 is 59.1 Å². The molecule has 0 aliphatic carbocycles. The summed E-state index contributed by atoms with van der Waals surface area (Å²) in [6.45, 7) is 0. The molecule has 0 saturated carbocycles. The second kappa shape index (κ2) is 355. The molecule has 0 radical (unpaired) electrons. The van der Waals surface area contributed by atoms with Gasteiger partial charge in [0, 0.05) is 0 Å². The molecule has 0 saturated heterocycles. The Hall–Kier alpha value is 1.68. The maximum atomic E-state index is 0. The Morgan fingerprint density at radius 2 is 0.200 bits per heavy atom. The van der Waals surface area contributed by atoms with Crippen LogP contribution in [0.1, 0.15) is 0 Å². The molecule has 10 heteroatoms. The van der Waals surface area contributed by atoms with Gasteiger partial charge in [-0.3, -0.25) is 0 Å². The van der Waals surface area contributed by atoms with Crippen molar-refractivity contribution in [1.82, 2.24) is 0 Å². The van der Waals surface area contributed by atoms with Gasteiger partial charge in [0.15, 0.2) is 0 Å². The van der Waals surface area contributed by atoms with E-state index in [2.05, 4.69) is 0 Å². The van der Waals surface area contributed by atoms with Crippen LogP contribution in [-0.4, -0.2) is 103 Å². The van der Waals surface area contributed by atoms with Gasteiger partial charge in [-0.25, -0.2) is 0 Å². The van der Waals surface area contributed by atoms with Crippen LogP contribution in [0.15, 0.2) is 0 Å². The molecule has 0 aromatic carbocycles. The third-order valence-electron chi connectivity index (χ3n) is 0. The fraction of sp³-hybridized carbons (Fsp3) is 0. The summed E-state index contributed by atoms with van der Waals surface area (Å²) in [5.41, 5.74) is 0. The first-order valence-corrected chi connectivity index (χ1v) is 0. The zero-order valence-corrected chi connectivity index (χ0v) is 4.00. The minimum absolute atomic E-state index is 0. The van der Waals surface area contributed by atoms with E-state index in [0.29, 0.717) is 0 Å². The van der Waals surface area contributed by atoms with Crippen molar-refractivity contribution in [2.75, 3.05) is 0 Å². The molecule has 8 nitrogen and oxygen atoms in total. The van der Waals surface area contributed by atoms with Gasteiger partial charge in [-0.1, -0.05) is 0 Å². The van der Waals surface area contributed by atoms with Crippen LogP contribution in [0.25, 0.3) is 0 Å². The predicted molar refractivity (Wildman–Crippen MR) is 43.2 cm³/mol. The molecule has 0 amide bonds. The molecule has 16 N–H and O–H groups in total. The summed E-state index contributed by atoms with van der Waals surface area (Å²) in [6, 6.07) is 0.